The predicted molar refractivity (Wildman–Crippen MR) is 153 cm³/mol. The van der Waals surface area contributed by atoms with Gasteiger partial charge in [0.15, 0.2) is 0 Å². The molecule has 1 fully saturated rings. The quantitative estimate of drug-likeness (QED) is 0.500. The molecule has 4 atom stereocenters. The summed E-state index contributed by atoms with van der Waals surface area (Å²) in [5, 5.41) is 3.86. The number of carbonyl (C=O) groups is 1. The maximum Gasteiger partial charge on any atom is 0.259 e. The van der Waals surface area contributed by atoms with E-state index >= 15 is 0 Å². The first-order chi connectivity index (χ1) is 16.8. The molecule has 1 saturated carbocycles. The molecule has 2 heterocycles. The Morgan fingerprint density at radius 1 is 1.08 bits per heavy atom. The number of carbonyl (C=O) groups excluding carboxylic acids is 1. The summed E-state index contributed by atoms with van der Waals surface area (Å²) >= 11 is 0. The molecule has 4 rings (SSSR count). The van der Waals surface area contributed by atoms with Gasteiger partial charge in [-0.25, -0.2) is 0 Å². The second kappa shape index (κ2) is 14.5. The van der Waals surface area contributed by atoms with Crippen molar-refractivity contribution in [1.82, 2.24) is 15.1 Å². The zero-order chi connectivity index (χ0) is 26.3. The zero-order valence-electron chi connectivity index (χ0n) is 24.4. The highest BCUT2D eigenvalue weighted by Gasteiger charge is 2.46. The molecule has 1 aliphatic carbocycles. The highest BCUT2D eigenvalue weighted by molar-refractivity contribution is 5.97. The molecule has 0 saturated heterocycles. The topological polar surface area (TPSA) is 67.1 Å². The van der Waals surface area contributed by atoms with Crippen molar-refractivity contribution in [3.8, 4) is 0 Å². The standard InChI is InChI=1S/C27H39N3O.2C2H6.H2O/c1-17(2)16-30-20(5)29(6)27(31)25-23(14-21-12-10-18(3)11-13-21)24(28-26(25)30)15-22-9-7-8-19(22)4;2*1-2;/h10-13,17,19,22-24,28H,5,7-9,14-16H2,1-4,6H3;2*1-2H3;1H2/t19?,22-,23?,24?;;;/m0.../s1. The number of nitrogens with zero attached hydrogens (tertiary/aromatic N) is 2. The summed E-state index contributed by atoms with van der Waals surface area (Å²) in [6.45, 7) is 22.1. The van der Waals surface area contributed by atoms with Crippen LogP contribution < -0.4 is 5.32 Å². The van der Waals surface area contributed by atoms with Crippen LogP contribution in [0.25, 0.3) is 0 Å². The Morgan fingerprint density at radius 3 is 2.22 bits per heavy atom. The van der Waals surface area contributed by atoms with Crippen LogP contribution in [-0.4, -0.2) is 40.8 Å². The molecule has 0 bridgehead atoms. The third-order valence-electron chi connectivity index (χ3n) is 7.66. The SMILES string of the molecule is C=C1N(C)C(=O)C2=C(NC(C[C@@H]3CCCC3C)C2Cc2ccc(C)cc2)N1CC(C)C.CC.CC.O. The number of benzene rings is 1. The number of rotatable bonds is 6. The lowest BCUT2D eigenvalue weighted by Gasteiger charge is -2.38. The number of hydrogen-bond acceptors (Lipinski definition) is 3. The summed E-state index contributed by atoms with van der Waals surface area (Å²) < 4.78 is 0. The van der Waals surface area contributed by atoms with E-state index in [0.717, 1.165) is 48.4 Å². The van der Waals surface area contributed by atoms with Gasteiger partial charge in [0.2, 0.25) is 0 Å². The van der Waals surface area contributed by atoms with Gasteiger partial charge in [0.25, 0.3) is 5.91 Å². The molecule has 204 valence electrons. The number of amides is 1. The lowest BCUT2D eigenvalue weighted by atomic mass is 9.81. The van der Waals surface area contributed by atoms with E-state index in [1.807, 2.05) is 34.7 Å². The molecular weight excluding hydrogens is 446 g/mol. The highest BCUT2D eigenvalue weighted by Crippen LogP contribution is 2.42. The van der Waals surface area contributed by atoms with Gasteiger partial charge in [-0.2, -0.15) is 0 Å². The molecule has 0 spiro atoms. The monoisotopic (exact) mass is 499 g/mol. The first-order valence-electron chi connectivity index (χ1n) is 14.1. The van der Waals surface area contributed by atoms with E-state index in [1.54, 1.807) is 4.90 Å². The van der Waals surface area contributed by atoms with Crippen molar-refractivity contribution in [3.05, 3.63) is 59.2 Å². The summed E-state index contributed by atoms with van der Waals surface area (Å²) in [5.41, 5.74) is 3.55. The Kier molecular flexibility index (Phi) is 12.8. The fourth-order valence-corrected chi connectivity index (χ4v) is 5.73. The third-order valence-corrected chi connectivity index (χ3v) is 7.66. The van der Waals surface area contributed by atoms with E-state index in [2.05, 4.69) is 68.8 Å². The molecule has 1 aromatic carbocycles. The van der Waals surface area contributed by atoms with Crippen LogP contribution in [0.2, 0.25) is 0 Å². The average Bonchev–Trinajstić information content (AvgIpc) is 3.42. The fraction of sp³-hybridized carbons (Fsp3) is 0.645. The van der Waals surface area contributed by atoms with Crippen molar-refractivity contribution >= 4 is 5.91 Å². The summed E-state index contributed by atoms with van der Waals surface area (Å²) in [6.07, 6.45) is 6.04. The first-order valence-corrected chi connectivity index (χ1v) is 14.1. The van der Waals surface area contributed by atoms with Crippen LogP contribution in [0.1, 0.15) is 85.3 Å². The maximum absolute atomic E-state index is 13.5. The van der Waals surface area contributed by atoms with E-state index in [1.165, 1.54) is 30.4 Å². The fourth-order valence-electron chi connectivity index (χ4n) is 5.73. The number of nitrogens with one attached hydrogen (secondary N) is 1. The van der Waals surface area contributed by atoms with Crippen LogP contribution in [0.3, 0.4) is 0 Å². The molecule has 2 aliphatic heterocycles. The van der Waals surface area contributed by atoms with Crippen molar-refractivity contribution in [2.75, 3.05) is 13.6 Å². The van der Waals surface area contributed by atoms with Gasteiger partial charge in [0.05, 0.1) is 5.57 Å². The molecule has 1 amide bonds. The Labute approximate surface area is 221 Å². The van der Waals surface area contributed by atoms with Gasteiger partial charge >= 0.3 is 0 Å². The van der Waals surface area contributed by atoms with Crippen molar-refractivity contribution in [3.63, 3.8) is 0 Å². The van der Waals surface area contributed by atoms with E-state index in [-0.39, 0.29) is 17.3 Å². The number of hydrogen-bond donors (Lipinski definition) is 1. The molecule has 3 unspecified atom stereocenters. The third kappa shape index (κ3) is 6.94. The Bertz CT molecular complexity index is 874. The second-order valence-electron chi connectivity index (χ2n) is 10.5. The molecule has 5 heteroatoms. The Morgan fingerprint density at radius 2 is 1.69 bits per heavy atom. The molecular formula is C31H53N3O2. The van der Waals surface area contributed by atoms with Crippen LogP contribution >= 0.6 is 0 Å². The molecule has 0 radical (unpaired) electrons. The number of likely N-dealkylation sites (N-methyl/N-ethyl adjacent to an activating group) is 1. The van der Waals surface area contributed by atoms with E-state index in [0.29, 0.717) is 12.0 Å². The normalized spacial score (nSPS) is 24.9. The molecule has 3 aliphatic rings. The summed E-state index contributed by atoms with van der Waals surface area (Å²) in [7, 11) is 1.87. The number of aryl methyl sites for hydroxylation is 1. The molecule has 0 aromatic heterocycles. The minimum Gasteiger partial charge on any atom is -0.412 e. The van der Waals surface area contributed by atoms with Crippen LogP contribution in [0, 0.1) is 30.6 Å². The Hall–Kier alpha value is -2.27. The van der Waals surface area contributed by atoms with Crippen LogP contribution in [-0.2, 0) is 11.2 Å². The average molecular weight is 500 g/mol. The van der Waals surface area contributed by atoms with Crippen molar-refractivity contribution in [1.29, 1.82) is 0 Å². The first kappa shape index (κ1) is 31.8. The van der Waals surface area contributed by atoms with Gasteiger partial charge in [0.1, 0.15) is 11.6 Å². The summed E-state index contributed by atoms with van der Waals surface area (Å²) in [6, 6.07) is 9.12. The van der Waals surface area contributed by atoms with Crippen LogP contribution in [0.4, 0.5) is 0 Å². The smallest absolute Gasteiger partial charge is 0.259 e. The zero-order valence-corrected chi connectivity index (χ0v) is 24.4. The van der Waals surface area contributed by atoms with E-state index in [4.69, 9.17) is 0 Å². The predicted octanol–water partition coefficient (Wildman–Crippen LogP) is 6.29. The van der Waals surface area contributed by atoms with Gasteiger partial charge in [0, 0.05) is 25.6 Å². The van der Waals surface area contributed by atoms with Crippen molar-refractivity contribution in [2.24, 2.45) is 23.7 Å². The minimum atomic E-state index is 0. The minimum absolute atomic E-state index is 0. The van der Waals surface area contributed by atoms with E-state index in [9.17, 15) is 4.79 Å². The van der Waals surface area contributed by atoms with E-state index < -0.39 is 0 Å². The maximum atomic E-state index is 13.5. The second-order valence-corrected chi connectivity index (χ2v) is 10.5. The molecule has 3 N–H and O–H groups in total. The lowest BCUT2D eigenvalue weighted by molar-refractivity contribution is -0.126. The molecule has 1 aromatic rings. The largest absolute Gasteiger partial charge is 0.412 e. The van der Waals surface area contributed by atoms with Gasteiger partial charge in [-0.1, -0.05) is 104 Å². The van der Waals surface area contributed by atoms with Gasteiger partial charge in [-0.15, -0.1) is 0 Å². The highest BCUT2D eigenvalue weighted by atomic mass is 16.2. The van der Waals surface area contributed by atoms with Crippen molar-refractivity contribution in [2.45, 2.75) is 93.5 Å². The molecule has 5 nitrogen and oxygen atoms in total. The van der Waals surface area contributed by atoms with Gasteiger partial charge < -0.3 is 15.7 Å². The summed E-state index contributed by atoms with van der Waals surface area (Å²) in [5.74, 6) is 4.13. The van der Waals surface area contributed by atoms with Crippen LogP contribution in [0.15, 0.2) is 48.1 Å². The van der Waals surface area contributed by atoms with Gasteiger partial charge in [-0.05, 0) is 43.1 Å². The summed E-state index contributed by atoms with van der Waals surface area (Å²) in [4.78, 5) is 17.5. The molecule has 36 heavy (non-hydrogen) atoms. The van der Waals surface area contributed by atoms with Gasteiger partial charge in [-0.3, -0.25) is 9.69 Å². The lowest BCUT2D eigenvalue weighted by Crippen LogP contribution is -2.45. The Balaban J connectivity index is 0.00000123. The van der Waals surface area contributed by atoms with Crippen molar-refractivity contribution < 1.29 is 10.3 Å². The van der Waals surface area contributed by atoms with Crippen LogP contribution in [0.5, 0.6) is 0 Å².